The topological polar surface area (TPSA) is 80.5 Å². The second-order valence-corrected chi connectivity index (χ2v) is 7.92. The van der Waals surface area contributed by atoms with Crippen molar-refractivity contribution >= 4 is 32.2 Å². The number of nitrogens with zero attached hydrogens (tertiary/aromatic N) is 2. The molecule has 0 bridgehead atoms. The summed E-state index contributed by atoms with van der Waals surface area (Å²) in [6.45, 7) is 5.34. The lowest BCUT2D eigenvalue weighted by Crippen LogP contribution is -2.31. The molecular formula is C20H18N2O4S. The standard InChI is InChI=1S/C20H18N2O4S/c1-3-12-21(20-14-18(22(23)24)10-8-15(20)2)27(25,26)19-11-9-16-6-4-5-7-17(16)13-19/h3-11,13-14H,1,12H2,2H3. The van der Waals surface area contributed by atoms with Gasteiger partial charge in [-0.1, -0.05) is 42.5 Å². The molecule has 0 radical (unpaired) electrons. The molecule has 0 saturated carbocycles. The van der Waals surface area contributed by atoms with Crippen LogP contribution in [0, 0.1) is 17.0 Å². The van der Waals surface area contributed by atoms with E-state index in [0.29, 0.717) is 5.56 Å². The summed E-state index contributed by atoms with van der Waals surface area (Å²) in [6.07, 6.45) is 1.46. The van der Waals surface area contributed by atoms with Crippen LogP contribution in [0.1, 0.15) is 5.56 Å². The van der Waals surface area contributed by atoms with Gasteiger partial charge in [-0.25, -0.2) is 8.42 Å². The van der Waals surface area contributed by atoms with Crippen LogP contribution in [0.3, 0.4) is 0 Å². The van der Waals surface area contributed by atoms with Gasteiger partial charge in [-0.3, -0.25) is 14.4 Å². The van der Waals surface area contributed by atoms with Crippen molar-refractivity contribution in [3.8, 4) is 0 Å². The second kappa shape index (κ2) is 7.20. The molecule has 0 aromatic heterocycles. The number of hydrogen-bond donors (Lipinski definition) is 0. The number of non-ortho nitro benzene ring substituents is 1. The molecule has 0 fully saturated rings. The summed E-state index contributed by atoms with van der Waals surface area (Å²) >= 11 is 0. The van der Waals surface area contributed by atoms with Gasteiger partial charge < -0.3 is 0 Å². The molecule has 0 atom stereocenters. The first kappa shape index (κ1) is 18.6. The summed E-state index contributed by atoms with van der Waals surface area (Å²) in [7, 11) is -3.93. The molecule has 0 unspecified atom stereocenters. The fourth-order valence-electron chi connectivity index (χ4n) is 2.88. The summed E-state index contributed by atoms with van der Waals surface area (Å²) in [4.78, 5) is 10.7. The van der Waals surface area contributed by atoms with Gasteiger partial charge in [0, 0.05) is 12.1 Å². The number of fused-ring (bicyclic) bond motifs is 1. The lowest BCUT2D eigenvalue weighted by atomic mass is 10.1. The summed E-state index contributed by atoms with van der Waals surface area (Å²) in [5.41, 5.74) is 0.711. The van der Waals surface area contributed by atoms with Crippen LogP contribution in [0.2, 0.25) is 0 Å². The molecule has 0 heterocycles. The smallest absolute Gasteiger partial charge is 0.262 e. The maximum atomic E-state index is 13.3. The van der Waals surface area contributed by atoms with Crippen LogP contribution < -0.4 is 4.31 Å². The number of nitro benzene ring substituents is 1. The van der Waals surface area contributed by atoms with Gasteiger partial charge in [-0.2, -0.15) is 0 Å². The van der Waals surface area contributed by atoms with Crippen molar-refractivity contribution in [1.29, 1.82) is 0 Å². The molecule has 7 heteroatoms. The van der Waals surface area contributed by atoms with Gasteiger partial charge in [-0.05, 0) is 35.4 Å². The number of nitro groups is 1. The minimum Gasteiger partial charge on any atom is -0.262 e. The van der Waals surface area contributed by atoms with Crippen molar-refractivity contribution in [3.05, 3.63) is 89.0 Å². The first-order valence-electron chi connectivity index (χ1n) is 8.22. The zero-order chi connectivity index (χ0) is 19.6. The van der Waals surface area contributed by atoms with E-state index in [1.807, 2.05) is 24.3 Å². The van der Waals surface area contributed by atoms with Crippen molar-refractivity contribution < 1.29 is 13.3 Å². The van der Waals surface area contributed by atoms with E-state index in [2.05, 4.69) is 6.58 Å². The Labute approximate surface area is 157 Å². The average Bonchev–Trinajstić information content (AvgIpc) is 2.66. The quantitative estimate of drug-likeness (QED) is 0.359. The van der Waals surface area contributed by atoms with Crippen LogP contribution in [-0.2, 0) is 10.0 Å². The maximum absolute atomic E-state index is 13.3. The number of benzene rings is 3. The Morgan fingerprint density at radius 2 is 1.78 bits per heavy atom. The molecule has 0 saturated heterocycles. The van der Waals surface area contributed by atoms with Gasteiger partial charge in [0.1, 0.15) is 0 Å². The van der Waals surface area contributed by atoms with Crippen LogP contribution in [0.4, 0.5) is 11.4 Å². The fraction of sp³-hybridized carbons (Fsp3) is 0.100. The zero-order valence-corrected chi connectivity index (χ0v) is 15.5. The number of hydrogen-bond acceptors (Lipinski definition) is 4. The first-order chi connectivity index (χ1) is 12.8. The number of aryl methyl sites for hydroxylation is 1. The van der Waals surface area contributed by atoms with Crippen LogP contribution in [0.5, 0.6) is 0 Å². The van der Waals surface area contributed by atoms with Crippen LogP contribution >= 0.6 is 0 Å². The third kappa shape index (κ3) is 3.54. The zero-order valence-electron chi connectivity index (χ0n) is 14.7. The number of sulfonamides is 1. The summed E-state index contributed by atoms with van der Waals surface area (Å²) in [5, 5.41) is 12.9. The predicted octanol–water partition coefficient (Wildman–Crippen LogP) is 4.44. The van der Waals surface area contributed by atoms with E-state index >= 15 is 0 Å². The number of anilines is 1. The second-order valence-electron chi connectivity index (χ2n) is 6.06. The van der Waals surface area contributed by atoms with Gasteiger partial charge in [0.15, 0.2) is 0 Å². The van der Waals surface area contributed by atoms with Crippen molar-refractivity contribution in [3.63, 3.8) is 0 Å². The van der Waals surface area contributed by atoms with Crippen molar-refractivity contribution in [1.82, 2.24) is 0 Å². The largest absolute Gasteiger partial charge is 0.271 e. The third-order valence-corrected chi connectivity index (χ3v) is 6.05. The monoisotopic (exact) mass is 382 g/mol. The van der Waals surface area contributed by atoms with E-state index in [4.69, 9.17) is 0 Å². The Balaban J connectivity index is 2.16. The molecule has 3 aromatic carbocycles. The molecule has 3 aromatic rings. The molecule has 0 spiro atoms. The highest BCUT2D eigenvalue weighted by molar-refractivity contribution is 7.92. The molecule has 3 rings (SSSR count). The Bertz CT molecular complexity index is 1140. The molecular weight excluding hydrogens is 364 g/mol. The van der Waals surface area contributed by atoms with Gasteiger partial charge in [0.05, 0.1) is 22.1 Å². The Morgan fingerprint density at radius 1 is 1.07 bits per heavy atom. The van der Waals surface area contributed by atoms with Gasteiger partial charge in [0.2, 0.25) is 0 Å². The highest BCUT2D eigenvalue weighted by Crippen LogP contribution is 2.31. The Kier molecular flexibility index (Phi) is 4.96. The molecule has 0 aliphatic carbocycles. The minimum atomic E-state index is -3.93. The fourth-order valence-corrected chi connectivity index (χ4v) is 4.41. The molecule has 0 N–H and O–H groups in total. The van der Waals surface area contributed by atoms with Crippen molar-refractivity contribution in [2.24, 2.45) is 0 Å². The normalized spacial score (nSPS) is 11.3. The van der Waals surface area contributed by atoms with E-state index in [9.17, 15) is 18.5 Å². The maximum Gasteiger partial charge on any atom is 0.271 e. The van der Waals surface area contributed by atoms with E-state index < -0.39 is 14.9 Å². The lowest BCUT2D eigenvalue weighted by molar-refractivity contribution is -0.384. The Morgan fingerprint density at radius 3 is 2.44 bits per heavy atom. The first-order valence-corrected chi connectivity index (χ1v) is 9.66. The Hall–Kier alpha value is -3.19. The minimum absolute atomic E-state index is 0.00281. The van der Waals surface area contributed by atoms with E-state index in [0.717, 1.165) is 15.1 Å². The third-order valence-electron chi connectivity index (χ3n) is 4.28. The van der Waals surface area contributed by atoms with Gasteiger partial charge in [0.25, 0.3) is 15.7 Å². The summed E-state index contributed by atoms with van der Waals surface area (Å²) < 4.78 is 27.8. The summed E-state index contributed by atoms with van der Waals surface area (Å²) in [6, 6.07) is 16.5. The molecule has 6 nitrogen and oxygen atoms in total. The van der Waals surface area contributed by atoms with E-state index in [-0.39, 0.29) is 22.8 Å². The molecule has 138 valence electrons. The van der Waals surface area contributed by atoms with Gasteiger partial charge >= 0.3 is 0 Å². The molecule has 0 aliphatic rings. The summed E-state index contributed by atoms with van der Waals surface area (Å²) in [5.74, 6) is 0. The van der Waals surface area contributed by atoms with E-state index in [1.54, 1.807) is 31.2 Å². The highest BCUT2D eigenvalue weighted by Gasteiger charge is 2.27. The predicted molar refractivity (Wildman–Crippen MR) is 107 cm³/mol. The van der Waals surface area contributed by atoms with Crippen LogP contribution in [0.15, 0.2) is 78.2 Å². The lowest BCUT2D eigenvalue weighted by Gasteiger charge is -2.24. The van der Waals surface area contributed by atoms with Crippen LogP contribution in [0.25, 0.3) is 10.8 Å². The van der Waals surface area contributed by atoms with E-state index in [1.165, 1.54) is 18.2 Å². The highest BCUT2D eigenvalue weighted by atomic mass is 32.2. The van der Waals surface area contributed by atoms with Crippen molar-refractivity contribution in [2.45, 2.75) is 11.8 Å². The van der Waals surface area contributed by atoms with Crippen molar-refractivity contribution in [2.75, 3.05) is 10.8 Å². The van der Waals surface area contributed by atoms with Gasteiger partial charge in [-0.15, -0.1) is 6.58 Å². The molecule has 0 amide bonds. The number of rotatable bonds is 6. The molecule has 0 aliphatic heterocycles. The average molecular weight is 382 g/mol. The SMILES string of the molecule is C=CCN(c1cc([N+](=O)[O-])ccc1C)S(=O)(=O)c1ccc2ccccc2c1. The molecule has 27 heavy (non-hydrogen) atoms. The van der Waals surface area contributed by atoms with Crippen LogP contribution in [-0.4, -0.2) is 19.9 Å².